The topological polar surface area (TPSA) is 21.3 Å². The maximum Gasteiger partial charge on any atom is 0.0670 e. The van der Waals surface area contributed by atoms with Crippen molar-refractivity contribution in [1.29, 1.82) is 0 Å². The Morgan fingerprint density at radius 1 is 1.19 bits per heavy atom. The van der Waals surface area contributed by atoms with Gasteiger partial charge in [-0.1, -0.05) is 18.6 Å². The Bertz CT molecular complexity index is 520. The molecule has 1 aromatic carbocycles. The van der Waals surface area contributed by atoms with Crippen LogP contribution >= 0.6 is 0 Å². The average molecular weight is 285 g/mol. The summed E-state index contributed by atoms with van der Waals surface area (Å²) in [5.74, 6) is 0. The number of rotatable bonds is 4. The standard InChI is InChI=1S/C19H27NO/c1-2-21-18-13-17(19(18)11-6-12-19)20-16-10-5-8-14-7-3-4-9-15(14)16/h5,8,10,17-18,20H,2-4,6-7,9,11-13H2,1H3. The van der Waals surface area contributed by atoms with Gasteiger partial charge in [0.15, 0.2) is 0 Å². The molecule has 2 fully saturated rings. The fraction of sp³-hybridized carbons (Fsp3) is 0.684. The van der Waals surface area contributed by atoms with Crippen molar-refractivity contribution in [1.82, 2.24) is 0 Å². The minimum Gasteiger partial charge on any atom is -0.381 e. The van der Waals surface area contributed by atoms with Gasteiger partial charge in [0.25, 0.3) is 0 Å². The zero-order chi connectivity index (χ0) is 14.3. The molecule has 0 radical (unpaired) electrons. The second-order valence-electron chi connectivity index (χ2n) is 7.11. The van der Waals surface area contributed by atoms with Crippen LogP contribution in [-0.2, 0) is 17.6 Å². The summed E-state index contributed by atoms with van der Waals surface area (Å²) in [7, 11) is 0. The highest BCUT2D eigenvalue weighted by molar-refractivity contribution is 5.57. The van der Waals surface area contributed by atoms with Crippen LogP contribution in [0.5, 0.6) is 0 Å². The Balaban J connectivity index is 1.52. The normalized spacial score (nSPS) is 29.4. The number of benzene rings is 1. The predicted octanol–water partition coefficient (Wildman–Crippen LogP) is 4.33. The molecule has 2 unspecified atom stereocenters. The summed E-state index contributed by atoms with van der Waals surface area (Å²) in [6.07, 6.45) is 11.0. The summed E-state index contributed by atoms with van der Waals surface area (Å²) < 4.78 is 5.98. The smallest absolute Gasteiger partial charge is 0.0670 e. The van der Waals surface area contributed by atoms with Crippen LogP contribution in [0.25, 0.3) is 0 Å². The third-order valence-corrected chi connectivity index (χ3v) is 6.16. The monoisotopic (exact) mass is 285 g/mol. The zero-order valence-electron chi connectivity index (χ0n) is 13.2. The van der Waals surface area contributed by atoms with E-state index >= 15 is 0 Å². The van der Waals surface area contributed by atoms with Gasteiger partial charge in [0.2, 0.25) is 0 Å². The van der Waals surface area contributed by atoms with Gasteiger partial charge in [0, 0.05) is 23.8 Å². The Morgan fingerprint density at radius 3 is 2.81 bits per heavy atom. The third kappa shape index (κ3) is 2.11. The molecule has 0 aromatic heterocycles. The lowest BCUT2D eigenvalue weighted by molar-refractivity contribution is -0.157. The first-order valence-corrected chi connectivity index (χ1v) is 8.82. The molecule has 0 heterocycles. The zero-order valence-corrected chi connectivity index (χ0v) is 13.2. The lowest BCUT2D eigenvalue weighted by Gasteiger charge is -2.61. The van der Waals surface area contributed by atoms with Crippen LogP contribution < -0.4 is 5.32 Å². The van der Waals surface area contributed by atoms with Crippen LogP contribution in [-0.4, -0.2) is 18.8 Å². The molecule has 1 aromatic rings. The number of fused-ring (bicyclic) bond motifs is 1. The van der Waals surface area contributed by atoms with Gasteiger partial charge in [-0.2, -0.15) is 0 Å². The molecule has 2 heteroatoms. The molecule has 21 heavy (non-hydrogen) atoms. The van der Waals surface area contributed by atoms with Gasteiger partial charge in [-0.15, -0.1) is 0 Å². The fourth-order valence-electron chi connectivity index (χ4n) is 4.74. The van der Waals surface area contributed by atoms with Crippen molar-refractivity contribution in [2.24, 2.45) is 5.41 Å². The van der Waals surface area contributed by atoms with Gasteiger partial charge in [0.1, 0.15) is 0 Å². The van der Waals surface area contributed by atoms with E-state index in [2.05, 4.69) is 30.4 Å². The number of ether oxygens (including phenoxy) is 1. The molecule has 4 rings (SSSR count). The largest absolute Gasteiger partial charge is 0.381 e. The molecular weight excluding hydrogens is 258 g/mol. The first kappa shape index (κ1) is 13.6. The van der Waals surface area contributed by atoms with Gasteiger partial charge in [-0.25, -0.2) is 0 Å². The van der Waals surface area contributed by atoms with Crippen LogP contribution in [0.2, 0.25) is 0 Å². The van der Waals surface area contributed by atoms with E-state index in [1.54, 1.807) is 11.1 Å². The molecule has 114 valence electrons. The van der Waals surface area contributed by atoms with Crippen LogP contribution in [0.4, 0.5) is 5.69 Å². The summed E-state index contributed by atoms with van der Waals surface area (Å²) in [4.78, 5) is 0. The minimum atomic E-state index is 0.452. The molecule has 3 aliphatic carbocycles. The van der Waals surface area contributed by atoms with E-state index in [0.29, 0.717) is 17.6 Å². The van der Waals surface area contributed by atoms with E-state index in [-0.39, 0.29) is 0 Å². The fourth-order valence-corrected chi connectivity index (χ4v) is 4.74. The van der Waals surface area contributed by atoms with Crippen LogP contribution in [0.15, 0.2) is 18.2 Å². The molecule has 1 N–H and O–H groups in total. The maximum absolute atomic E-state index is 5.98. The molecule has 0 saturated heterocycles. The summed E-state index contributed by atoms with van der Waals surface area (Å²) in [6, 6.07) is 7.49. The summed E-state index contributed by atoms with van der Waals surface area (Å²) in [5, 5.41) is 3.91. The minimum absolute atomic E-state index is 0.452. The Morgan fingerprint density at radius 2 is 2.05 bits per heavy atom. The number of hydrogen-bond acceptors (Lipinski definition) is 2. The number of hydrogen-bond donors (Lipinski definition) is 1. The summed E-state index contributed by atoms with van der Waals surface area (Å²) in [6.45, 7) is 2.99. The Kier molecular flexibility index (Phi) is 3.45. The molecule has 0 aliphatic heterocycles. The number of aryl methyl sites for hydroxylation is 1. The second kappa shape index (κ2) is 5.31. The lowest BCUT2D eigenvalue weighted by Crippen LogP contribution is -2.64. The van der Waals surface area contributed by atoms with Crippen LogP contribution in [0, 0.1) is 5.41 Å². The second-order valence-corrected chi connectivity index (χ2v) is 7.11. The van der Waals surface area contributed by atoms with Crippen molar-refractivity contribution in [3.8, 4) is 0 Å². The van der Waals surface area contributed by atoms with E-state index in [4.69, 9.17) is 4.74 Å². The van der Waals surface area contributed by atoms with Gasteiger partial charge >= 0.3 is 0 Å². The molecule has 2 nitrogen and oxygen atoms in total. The van der Waals surface area contributed by atoms with E-state index in [0.717, 1.165) is 6.61 Å². The highest BCUT2D eigenvalue weighted by Crippen LogP contribution is 2.58. The average Bonchev–Trinajstić information content (AvgIpc) is 2.44. The highest BCUT2D eigenvalue weighted by atomic mass is 16.5. The summed E-state index contributed by atoms with van der Waals surface area (Å²) >= 11 is 0. The highest BCUT2D eigenvalue weighted by Gasteiger charge is 2.58. The molecule has 3 aliphatic rings. The van der Waals surface area contributed by atoms with Crippen molar-refractivity contribution in [3.63, 3.8) is 0 Å². The molecule has 2 atom stereocenters. The number of nitrogens with one attached hydrogen (secondary N) is 1. The maximum atomic E-state index is 5.98. The molecule has 0 amide bonds. The van der Waals surface area contributed by atoms with Gasteiger partial charge < -0.3 is 10.1 Å². The Hall–Kier alpha value is -1.02. The van der Waals surface area contributed by atoms with Gasteiger partial charge in [-0.05, 0) is 69.1 Å². The van der Waals surface area contributed by atoms with Crippen LogP contribution in [0.1, 0.15) is 56.6 Å². The quantitative estimate of drug-likeness (QED) is 0.889. The van der Waals surface area contributed by atoms with E-state index in [1.165, 1.54) is 57.1 Å². The van der Waals surface area contributed by atoms with Gasteiger partial charge in [0.05, 0.1) is 6.10 Å². The van der Waals surface area contributed by atoms with Gasteiger partial charge in [-0.3, -0.25) is 0 Å². The van der Waals surface area contributed by atoms with Crippen molar-refractivity contribution in [2.45, 2.75) is 70.4 Å². The third-order valence-electron chi connectivity index (χ3n) is 6.16. The van der Waals surface area contributed by atoms with Crippen LogP contribution in [0.3, 0.4) is 0 Å². The van der Waals surface area contributed by atoms with Crippen molar-refractivity contribution in [3.05, 3.63) is 29.3 Å². The predicted molar refractivity (Wildman–Crippen MR) is 86.8 cm³/mol. The van der Waals surface area contributed by atoms with Crippen molar-refractivity contribution >= 4 is 5.69 Å². The Labute approximate surface area is 128 Å². The van der Waals surface area contributed by atoms with Crippen molar-refractivity contribution < 1.29 is 4.74 Å². The first-order chi connectivity index (χ1) is 10.3. The number of anilines is 1. The molecule has 0 bridgehead atoms. The molecule has 1 spiro atoms. The molecular formula is C19H27NO. The van der Waals surface area contributed by atoms with E-state index in [9.17, 15) is 0 Å². The van der Waals surface area contributed by atoms with Crippen molar-refractivity contribution in [2.75, 3.05) is 11.9 Å². The van der Waals surface area contributed by atoms with E-state index in [1.807, 2.05) is 0 Å². The first-order valence-electron chi connectivity index (χ1n) is 8.82. The lowest BCUT2D eigenvalue weighted by atomic mass is 9.51. The summed E-state index contributed by atoms with van der Waals surface area (Å²) in [5.41, 5.74) is 5.04. The van der Waals surface area contributed by atoms with E-state index < -0.39 is 0 Å². The SMILES string of the molecule is CCOC1CC(Nc2cccc3c2CCCC3)C12CCC2. The molecule has 2 saturated carbocycles.